The minimum atomic E-state index is 0.283. The Morgan fingerprint density at radius 2 is 2.00 bits per heavy atom. The molecule has 102 valence electrons. The van der Waals surface area contributed by atoms with Gasteiger partial charge in [-0.3, -0.25) is 0 Å². The lowest BCUT2D eigenvalue weighted by Crippen LogP contribution is -2.21. The minimum Gasteiger partial charge on any atom is -0.497 e. The van der Waals surface area contributed by atoms with Crippen LogP contribution in [0, 0.1) is 0 Å². The average molecular weight is 340 g/mol. The quantitative estimate of drug-likeness (QED) is 0.833. The monoisotopic (exact) mass is 339 g/mol. The number of hydrogen-bond donors (Lipinski definition) is 1. The number of nitrogens with one attached hydrogen (secondary N) is 1. The molecule has 1 N–H and O–H groups in total. The van der Waals surface area contributed by atoms with Gasteiger partial charge in [0.15, 0.2) is 0 Å². The Labute approximate surface area is 126 Å². The van der Waals surface area contributed by atoms with E-state index in [0.717, 1.165) is 10.2 Å². The lowest BCUT2D eigenvalue weighted by Gasteiger charge is -2.20. The standard InChI is InChI=1S/C15H18BrNOS/c1-10(12-5-4-6-14(7-12)18-3)17-11(2)15-8-13(16)9-19-15/h4-11,17H,1-3H3/t10-,11?/m1/s1. The molecule has 1 unspecified atom stereocenters. The van der Waals surface area contributed by atoms with Crippen LogP contribution in [-0.2, 0) is 0 Å². The Bertz CT molecular complexity index is 540. The first-order valence-electron chi connectivity index (χ1n) is 6.24. The van der Waals surface area contributed by atoms with Crippen LogP contribution < -0.4 is 10.1 Å². The Hall–Kier alpha value is -0.840. The molecule has 1 aromatic heterocycles. The molecule has 2 atom stereocenters. The van der Waals surface area contributed by atoms with Gasteiger partial charge >= 0.3 is 0 Å². The summed E-state index contributed by atoms with van der Waals surface area (Å²) in [4.78, 5) is 1.33. The highest BCUT2D eigenvalue weighted by Gasteiger charge is 2.13. The van der Waals surface area contributed by atoms with Crippen LogP contribution >= 0.6 is 27.3 Å². The van der Waals surface area contributed by atoms with Crippen molar-refractivity contribution < 1.29 is 4.74 Å². The van der Waals surface area contributed by atoms with Crippen LogP contribution in [-0.4, -0.2) is 7.11 Å². The molecule has 0 fully saturated rings. The first kappa shape index (κ1) is 14.6. The summed E-state index contributed by atoms with van der Waals surface area (Å²) < 4.78 is 6.41. The van der Waals surface area contributed by atoms with Gasteiger partial charge < -0.3 is 10.1 Å². The molecule has 0 saturated carbocycles. The van der Waals surface area contributed by atoms with Crippen molar-refractivity contribution in [3.63, 3.8) is 0 Å². The maximum atomic E-state index is 5.27. The molecule has 2 nitrogen and oxygen atoms in total. The highest BCUT2D eigenvalue weighted by molar-refractivity contribution is 9.10. The number of methoxy groups -OCH3 is 1. The van der Waals surface area contributed by atoms with Gasteiger partial charge in [0.1, 0.15) is 5.75 Å². The van der Waals surface area contributed by atoms with Gasteiger partial charge in [-0.1, -0.05) is 12.1 Å². The number of benzene rings is 1. The molecule has 0 radical (unpaired) electrons. The van der Waals surface area contributed by atoms with E-state index in [-0.39, 0.29) is 6.04 Å². The van der Waals surface area contributed by atoms with Crippen molar-refractivity contribution >= 4 is 27.3 Å². The van der Waals surface area contributed by atoms with E-state index in [1.165, 1.54) is 10.4 Å². The third-order valence-electron chi connectivity index (χ3n) is 3.11. The molecule has 1 heterocycles. The second kappa shape index (κ2) is 6.55. The van der Waals surface area contributed by atoms with E-state index in [1.807, 2.05) is 12.1 Å². The van der Waals surface area contributed by atoms with Crippen LogP contribution in [0.1, 0.15) is 36.4 Å². The maximum absolute atomic E-state index is 5.27. The Morgan fingerprint density at radius 1 is 1.21 bits per heavy atom. The van der Waals surface area contributed by atoms with E-state index in [1.54, 1.807) is 18.4 Å². The van der Waals surface area contributed by atoms with Gasteiger partial charge in [0, 0.05) is 26.8 Å². The number of ether oxygens (including phenoxy) is 1. The molecule has 4 heteroatoms. The zero-order valence-corrected chi connectivity index (χ0v) is 13.7. The second-order valence-corrected chi connectivity index (χ2v) is 6.41. The zero-order chi connectivity index (χ0) is 13.8. The van der Waals surface area contributed by atoms with Crippen LogP contribution in [0.5, 0.6) is 5.75 Å². The molecular formula is C15H18BrNOS. The Morgan fingerprint density at radius 3 is 2.63 bits per heavy atom. The number of thiophene rings is 1. The van der Waals surface area contributed by atoms with Crippen molar-refractivity contribution in [1.82, 2.24) is 5.32 Å². The molecule has 1 aromatic carbocycles. The fourth-order valence-electron chi connectivity index (χ4n) is 2.02. The smallest absolute Gasteiger partial charge is 0.119 e. The summed E-state index contributed by atoms with van der Waals surface area (Å²) in [5.41, 5.74) is 1.24. The third kappa shape index (κ3) is 3.81. The predicted octanol–water partition coefficient (Wildman–Crippen LogP) is 4.93. The Balaban J connectivity index is 2.05. The number of halogens is 1. The second-order valence-electron chi connectivity index (χ2n) is 4.55. The van der Waals surface area contributed by atoms with E-state index in [9.17, 15) is 0 Å². The summed E-state index contributed by atoms with van der Waals surface area (Å²) in [6.45, 7) is 4.36. The van der Waals surface area contributed by atoms with Crippen LogP contribution in [0.4, 0.5) is 0 Å². The molecule has 19 heavy (non-hydrogen) atoms. The summed E-state index contributed by atoms with van der Waals surface area (Å²) in [5, 5.41) is 5.73. The Kier molecular flexibility index (Phi) is 5.02. The first-order chi connectivity index (χ1) is 9.10. The summed E-state index contributed by atoms with van der Waals surface area (Å²) >= 11 is 5.26. The van der Waals surface area contributed by atoms with Crippen LogP contribution in [0.25, 0.3) is 0 Å². The van der Waals surface area contributed by atoms with E-state index < -0.39 is 0 Å². The van der Waals surface area contributed by atoms with E-state index in [4.69, 9.17) is 4.74 Å². The largest absolute Gasteiger partial charge is 0.497 e. The lowest BCUT2D eigenvalue weighted by atomic mass is 10.1. The minimum absolute atomic E-state index is 0.283. The number of rotatable bonds is 5. The highest BCUT2D eigenvalue weighted by Crippen LogP contribution is 2.28. The third-order valence-corrected chi connectivity index (χ3v) is 4.98. The van der Waals surface area contributed by atoms with Crippen molar-refractivity contribution in [1.29, 1.82) is 0 Å². The fraction of sp³-hybridized carbons (Fsp3) is 0.333. The lowest BCUT2D eigenvalue weighted by molar-refractivity contribution is 0.412. The summed E-state index contributed by atoms with van der Waals surface area (Å²) in [6, 6.07) is 11.0. The van der Waals surface area contributed by atoms with Crippen LogP contribution in [0.3, 0.4) is 0 Å². The van der Waals surface area contributed by atoms with Crippen LogP contribution in [0.2, 0.25) is 0 Å². The molecule has 0 saturated heterocycles. The molecule has 0 aliphatic carbocycles. The SMILES string of the molecule is COc1cccc([C@@H](C)NC(C)c2cc(Br)cs2)c1. The van der Waals surface area contributed by atoms with Crippen molar-refractivity contribution in [2.45, 2.75) is 25.9 Å². The van der Waals surface area contributed by atoms with E-state index >= 15 is 0 Å². The van der Waals surface area contributed by atoms with Gasteiger partial charge in [-0.15, -0.1) is 11.3 Å². The maximum Gasteiger partial charge on any atom is 0.119 e. The van der Waals surface area contributed by atoms with Gasteiger partial charge in [-0.05, 0) is 53.5 Å². The molecular weight excluding hydrogens is 322 g/mol. The first-order valence-corrected chi connectivity index (χ1v) is 7.91. The van der Waals surface area contributed by atoms with Crippen molar-refractivity contribution in [2.75, 3.05) is 7.11 Å². The van der Waals surface area contributed by atoms with Gasteiger partial charge in [0.2, 0.25) is 0 Å². The highest BCUT2D eigenvalue weighted by atomic mass is 79.9. The van der Waals surface area contributed by atoms with E-state index in [0.29, 0.717) is 6.04 Å². The van der Waals surface area contributed by atoms with Gasteiger partial charge in [0.05, 0.1) is 7.11 Å². The molecule has 2 aromatic rings. The van der Waals surface area contributed by atoms with Gasteiger partial charge in [-0.25, -0.2) is 0 Å². The molecule has 2 rings (SSSR count). The zero-order valence-electron chi connectivity index (χ0n) is 11.3. The van der Waals surface area contributed by atoms with E-state index in [2.05, 4.69) is 58.7 Å². The molecule has 0 aliphatic heterocycles. The van der Waals surface area contributed by atoms with Crippen LogP contribution in [0.15, 0.2) is 40.2 Å². The molecule has 0 amide bonds. The van der Waals surface area contributed by atoms with Crippen molar-refractivity contribution in [2.24, 2.45) is 0 Å². The summed E-state index contributed by atoms with van der Waals surface area (Å²) in [5.74, 6) is 0.901. The fourth-order valence-corrected chi connectivity index (χ4v) is 3.48. The average Bonchev–Trinajstić information content (AvgIpc) is 2.85. The van der Waals surface area contributed by atoms with Gasteiger partial charge in [-0.2, -0.15) is 0 Å². The predicted molar refractivity (Wildman–Crippen MR) is 85.0 cm³/mol. The molecule has 0 aliphatic rings. The summed E-state index contributed by atoms with van der Waals surface area (Å²) in [6.07, 6.45) is 0. The number of hydrogen-bond acceptors (Lipinski definition) is 3. The summed E-state index contributed by atoms with van der Waals surface area (Å²) in [7, 11) is 1.70. The molecule has 0 bridgehead atoms. The topological polar surface area (TPSA) is 21.3 Å². The normalized spacial score (nSPS) is 14.1. The van der Waals surface area contributed by atoms with Gasteiger partial charge in [0.25, 0.3) is 0 Å². The van der Waals surface area contributed by atoms with Crippen molar-refractivity contribution in [3.8, 4) is 5.75 Å². The van der Waals surface area contributed by atoms with Crippen molar-refractivity contribution in [3.05, 3.63) is 50.6 Å². The molecule has 0 spiro atoms.